The number of halogens is 1. The summed E-state index contributed by atoms with van der Waals surface area (Å²) in [6.45, 7) is 4.38. The van der Waals surface area contributed by atoms with Gasteiger partial charge in [-0.15, -0.1) is 0 Å². The number of hydrogen-bond donors (Lipinski definition) is 1. The van der Waals surface area contributed by atoms with E-state index in [2.05, 4.69) is 4.90 Å². The van der Waals surface area contributed by atoms with Gasteiger partial charge in [0.05, 0.1) is 12.8 Å². The van der Waals surface area contributed by atoms with Crippen LogP contribution in [0.15, 0.2) is 34.9 Å². The Balaban J connectivity index is 2.00. The zero-order valence-corrected chi connectivity index (χ0v) is 12.5. The van der Waals surface area contributed by atoms with Crippen LogP contribution >= 0.6 is 0 Å². The van der Waals surface area contributed by atoms with E-state index >= 15 is 0 Å². The minimum absolute atomic E-state index is 0.195. The van der Waals surface area contributed by atoms with Crippen molar-refractivity contribution in [2.45, 2.75) is 45.3 Å². The largest absolute Gasteiger partial charge is 0.467 e. The van der Waals surface area contributed by atoms with Gasteiger partial charge in [-0.3, -0.25) is 0 Å². The maximum atomic E-state index is 13.9. The van der Waals surface area contributed by atoms with E-state index in [9.17, 15) is 4.39 Å². The fourth-order valence-electron chi connectivity index (χ4n) is 2.66. The molecular formula is C17H21FN2O. The number of aryl methyl sites for hydroxylation is 1. The molecule has 2 aromatic rings. The topological polar surface area (TPSA) is 42.4 Å². The zero-order valence-electron chi connectivity index (χ0n) is 12.5. The minimum Gasteiger partial charge on any atom is -0.467 e. The van der Waals surface area contributed by atoms with Gasteiger partial charge in [-0.25, -0.2) is 4.39 Å². The molecule has 1 atom stereocenters. The van der Waals surface area contributed by atoms with Gasteiger partial charge >= 0.3 is 0 Å². The van der Waals surface area contributed by atoms with Gasteiger partial charge in [0, 0.05) is 17.8 Å². The van der Waals surface area contributed by atoms with Gasteiger partial charge in [-0.1, -0.05) is 0 Å². The molecule has 1 fully saturated rings. The second-order valence-corrected chi connectivity index (χ2v) is 5.89. The lowest BCUT2D eigenvalue weighted by Gasteiger charge is -2.28. The zero-order chi connectivity index (χ0) is 15.0. The molecule has 0 aliphatic heterocycles. The fraction of sp³-hybridized carbons (Fsp3) is 0.412. The lowest BCUT2D eigenvalue weighted by molar-refractivity contribution is 0.500. The van der Waals surface area contributed by atoms with Gasteiger partial charge in [0.1, 0.15) is 11.6 Å². The lowest BCUT2D eigenvalue weighted by atomic mass is 10.0. The fourth-order valence-corrected chi connectivity index (χ4v) is 2.66. The molecule has 1 aliphatic rings. The van der Waals surface area contributed by atoms with Crippen molar-refractivity contribution in [2.75, 3.05) is 4.90 Å². The van der Waals surface area contributed by atoms with Crippen molar-refractivity contribution in [3.05, 3.63) is 53.2 Å². The summed E-state index contributed by atoms with van der Waals surface area (Å²) in [6, 6.07) is 7.65. The standard InChI is InChI=1S/C17H21FN2O/c1-11-8-17(15(12(2)19)9-16(11)18)20(13-5-6-13)10-14-4-3-7-21-14/h3-4,7-9,12-13H,5-6,10,19H2,1-2H3/t12-/m0/s1. The summed E-state index contributed by atoms with van der Waals surface area (Å²) in [5, 5.41) is 0. The average Bonchev–Trinajstić information content (AvgIpc) is 3.15. The molecule has 2 N–H and O–H groups in total. The number of hydrogen-bond acceptors (Lipinski definition) is 3. The average molecular weight is 288 g/mol. The summed E-state index contributed by atoms with van der Waals surface area (Å²) >= 11 is 0. The summed E-state index contributed by atoms with van der Waals surface area (Å²) in [6.07, 6.45) is 4.01. The van der Waals surface area contributed by atoms with E-state index in [1.165, 1.54) is 0 Å². The quantitative estimate of drug-likeness (QED) is 0.907. The number of benzene rings is 1. The predicted molar refractivity (Wildman–Crippen MR) is 81.7 cm³/mol. The van der Waals surface area contributed by atoms with Crippen LogP contribution in [-0.2, 0) is 6.54 Å². The van der Waals surface area contributed by atoms with Crippen molar-refractivity contribution in [3.63, 3.8) is 0 Å². The van der Waals surface area contributed by atoms with Crippen molar-refractivity contribution >= 4 is 5.69 Å². The Morgan fingerprint density at radius 1 is 1.43 bits per heavy atom. The van der Waals surface area contributed by atoms with E-state index in [-0.39, 0.29) is 11.9 Å². The van der Waals surface area contributed by atoms with Gasteiger partial charge in [0.2, 0.25) is 0 Å². The van der Waals surface area contributed by atoms with Crippen LogP contribution in [0.3, 0.4) is 0 Å². The normalized spacial score (nSPS) is 16.0. The molecule has 1 saturated carbocycles. The smallest absolute Gasteiger partial charge is 0.126 e. The van der Waals surface area contributed by atoms with Gasteiger partial charge < -0.3 is 15.1 Å². The molecule has 21 heavy (non-hydrogen) atoms. The minimum atomic E-state index is -0.201. The summed E-state index contributed by atoms with van der Waals surface area (Å²) in [5.74, 6) is 0.722. The van der Waals surface area contributed by atoms with Crippen molar-refractivity contribution in [2.24, 2.45) is 5.73 Å². The highest BCUT2D eigenvalue weighted by molar-refractivity contribution is 5.58. The molecular weight excluding hydrogens is 267 g/mol. The van der Waals surface area contributed by atoms with E-state index in [0.29, 0.717) is 18.2 Å². The van der Waals surface area contributed by atoms with Crippen molar-refractivity contribution in [1.82, 2.24) is 0 Å². The molecule has 0 amide bonds. The van der Waals surface area contributed by atoms with Gasteiger partial charge in [0.25, 0.3) is 0 Å². The van der Waals surface area contributed by atoms with Crippen LogP contribution in [0.1, 0.15) is 42.7 Å². The monoisotopic (exact) mass is 288 g/mol. The number of nitrogens with two attached hydrogens (primary N) is 1. The van der Waals surface area contributed by atoms with Crippen LogP contribution in [0, 0.1) is 12.7 Å². The third-order valence-corrected chi connectivity index (χ3v) is 4.00. The third-order valence-electron chi connectivity index (χ3n) is 4.00. The second-order valence-electron chi connectivity index (χ2n) is 5.89. The predicted octanol–water partition coefficient (Wildman–Crippen LogP) is 3.92. The van der Waals surface area contributed by atoms with Crippen LogP contribution in [-0.4, -0.2) is 6.04 Å². The van der Waals surface area contributed by atoms with Crippen LogP contribution in [0.25, 0.3) is 0 Å². The molecule has 0 unspecified atom stereocenters. The van der Waals surface area contributed by atoms with E-state index < -0.39 is 0 Å². The molecule has 3 nitrogen and oxygen atoms in total. The van der Waals surface area contributed by atoms with Crippen LogP contribution in [0.2, 0.25) is 0 Å². The van der Waals surface area contributed by atoms with E-state index in [4.69, 9.17) is 10.2 Å². The van der Waals surface area contributed by atoms with E-state index in [1.54, 1.807) is 19.3 Å². The highest BCUT2D eigenvalue weighted by Gasteiger charge is 2.31. The summed E-state index contributed by atoms with van der Waals surface area (Å²) in [4.78, 5) is 2.30. The van der Waals surface area contributed by atoms with E-state index in [0.717, 1.165) is 29.9 Å². The van der Waals surface area contributed by atoms with Crippen molar-refractivity contribution < 1.29 is 8.81 Å². The molecule has 1 aromatic carbocycles. The highest BCUT2D eigenvalue weighted by atomic mass is 19.1. The maximum Gasteiger partial charge on any atom is 0.126 e. The first kappa shape index (κ1) is 14.1. The SMILES string of the molecule is Cc1cc(N(Cc2ccco2)C2CC2)c([C@H](C)N)cc1F. The maximum absolute atomic E-state index is 13.9. The Morgan fingerprint density at radius 3 is 2.76 bits per heavy atom. The molecule has 0 radical (unpaired) electrons. The second kappa shape index (κ2) is 5.53. The molecule has 3 rings (SSSR count). The Bertz CT molecular complexity index is 618. The Hall–Kier alpha value is -1.81. The Kier molecular flexibility index (Phi) is 3.72. The molecule has 4 heteroatoms. The Labute approximate surface area is 124 Å². The first-order valence-corrected chi connectivity index (χ1v) is 7.41. The molecule has 112 valence electrons. The van der Waals surface area contributed by atoms with Gasteiger partial charge in [-0.05, 0) is 62.1 Å². The number of anilines is 1. The van der Waals surface area contributed by atoms with Crippen LogP contribution in [0.5, 0.6) is 0 Å². The van der Waals surface area contributed by atoms with Crippen molar-refractivity contribution in [1.29, 1.82) is 0 Å². The molecule has 0 saturated heterocycles. The summed E-state index contributed by atoms with van der Waals surface area (Å²) in [5.41, 5.74) is 8.59. The molecule has 1 aromatic heterocycles. The Morgan fingerprint density at radius 2 is 2.19 bits per heavy atom. The first-order valence-electron chi connectivity index (χ1n) is 7.41. The summed E-state index contributed by atoms with van der Waals surface area (Å²) < 4.78 is 19.4. The lowest BCUT2D eigenvalue weighted by Crippen LogP contribution is -2.27. The first-order chi connectivity index (χ1) is 10.1. The number of rotatable bonds is 5. The third kappa shape index (κ3) is 2.95. The van der Waals surface area contributed by atoms with Crippen LogP contribution < -0.4 is 10.6 Å². The van der Waals surface area contributed by atoms with Gasteiger partial charge in [-0.2, -0.15) is 0 Å². The number of furan rings is 1. The van der Waals surface area contributed by atoms with Crippen LogP contribution in [0.4, 0.5) is 10.1 Å². The summed E-state index contributed by atoms with van der Waals surface area (Å²) in [7, 11) is 0. The molecule has 1 aliphatic carbocycles. The molecule has 1 heterocycles. The molecule has 0 spiro atoms. The van der Waals surface area contributed by atoms with Crippen molar-refractivity contribution in [3.8, 4) is 0 Å². The number of nitrogens with zero attached hydrogens (tertiary/aromatic N) is 1. The van der Waals surface area contributed by atoms with E-state index in [1.807, 2.05) is 25.1 Å². The highest BCUT2D eigenvalue weighted by Crippen LogP contribution is 2.37. The van der Waals surface area contributed by atoms with Gasteiger partial charge in [0.15, 0.2) is 0 Å². The molecule has 0 bridgehead atoms.